The largest absolute Gasteiger partial charge is 0.360 e. The van der Waals surface area contributed by atoms with Crippen LogP contribution in [0.1, 0.15) is 56.5 Å². The van der Waals surface area contributed by atoms with Crippen LogP contribution in [-0.2, 0) is 5.41 Å². The standard InChI is InChI=1S/C17H21NO2/c1-5-8-17(3,4)12-6-7-15-13(9-12)16(20)14(10-18-15)11(2)19/h6-7,9-10H,5,8H2,1-4H3,(H,18,20). The molecule has 1 aromatic carbocycles. The molecular formula is C17H21NO2. The molecule has 2 aromatic rings. The molecule has 0 spiro atoms. The molecule has 0 saturated heterocycles. The van der Waals surface area contributed by atoms with E-state index >= 15 is 0 Å². The fourth-order valence-electron chi connectivity index (χ4n) is 2.67. The van der Waals surface area contributed by atoms with Crippen LogP contribution in [0, 0.1) is 0 Å². The molecule has 20 heavy (non-hydrogen) atoms. The summed E-state index contributed by atoms with van der Waals surface area (Å²) < 4.78 is 0. The normalized spacial score (nSPS) is 11.8. The number of Topliss-reactive ketones (excluding diaryl/α,β-unsaturated/α-hetero) is 1. The molecule has 0 aliphatic rings. The first kappa shape index (κ1) is 14.5. The molecule has 2 rings (SSSR count). The van der Waals surface area contributed by atoms with Gasteiger partial charge in [0.05, 0.1) is 5.56 Å². The number of carbonyl (C=O) groups is 1. The van der Waals surface area contributed by atoms with E-state index in [1.165, 1.54) is 13.1 Å². The van der Waals surface area contributed by atoms with E-state index in [-0.39, 0.29) is 22.2 Å². The maximum Gasteiger partial charge on any atom is 0.200 e. The molecule has 0 unspecified atom stereocenters. The van der Waals surface area contributed by atoms with Crippen molar-refractivity contribution < 1.29 is 4.79 Å². The number of pyridine rings is 1. The fraction of sp³-hybridized carbons (Fsp3) is 0.412. The highest BCUT2D eigenvalue weighted by Crippen LogP contribution is 2.29. The van der Waals surface area contributed by atoms with Crippen LogP contribution >= 0.6 is 0 Å². The second kappa shape index (κ2) is 5.23. The highest BCUT2D eigenvalue weighted by molar-refractivity contribution is 5.97. The third-order valence-electron chi connectivity index (χ3n) is 3.92. The Morgan fingerprint density at radius 3 is 2.60 bits per heavy atom. The molecule has 0 fully saturated rings. The van der Waals surface area contributed by atoms with E-state index in [4.69, 9.17) is 0 Å². The molecule has 1 N–H and O–H groups in total. The number of aromatic amines is 1. The van der Waals surface area contributed by atoms with Crippen LogP contribution in [0.4, 0.5) is 0 Å². The first-order valence-electron chi connectivity index (χ1n) is 7.03. The molecule has 0 saturated carbocycles. The molecular weight excluding hydrogens is 250 g/mol. The Balaban J connectivity index is 2.66. The maximum absolute atomic E-state index is 12.4. The van der Waals surface area contributed by atoms with Crippen LogP contribution < -0.4 is 5.43 Å². The van der Waals surface area contributed by atoms with Crippen molar-refractivity contribution in [2.45, 2.75) is 46.0 Å². The lowest BCUT2D eigenvalue weighted by molar-refractivity contribution is 0.101. The number of rotatable bonds is 4. The zero-order valence-electron chi connectivity index (χ0n) is 12.5. The second-order valence-corrected chi connectivity index (χ2v) is 5.98. The second-order valence-electron chi connectivity index (χ2n) is 5.98. The number of nitrogens with one attached hydrogen (secondary N) is 1. The smallest absolute Gasteiger partial charge is 0.200 e. The molecule has 0 amide bonds. The van der Waals surface area contributed by atoms with Crippen LogP contribution in [0.2, 0.25) is 0 Å². The monoisotopic (exact) mass is 271 g/mol. The fourth-order valence-corrected chi connectivity index (χ4v) is 2.67. The third-order valence-corrected chi connectivity index (χ3v) is 3.92. The minimum atomic E-state index is -0.202. The Bertz CT molecular complexity index is 710. The zero-order valence-corrected chi connectivity index (χ0v) is 12.5. The van der Waals surface area contributed by atoms with Crippen LogP contribution in [0.25, 0.3) is 10.9 Å². The van der Waals surface area contributed by atoms with Gasteiger partial charge in [-0.25, -0.2) is 0 Å². The van der Waals surface area contributed by atoms with Gasteiger partial charge in [-0.1, -0.05) is 33.3 Å². The van der Waals surface area contributed by atoms with Crippen molar-refractivity contribution in [1.29, 1.82) is 0 Å². The lowest BCUT2D eigenvalue weighted by Gasteiger charge is -2.25. The van der Waals surface area contributed by atoms with Crippen LogP contribution in [-0.4, -0.2) is 10.8 Å². The van der Waals surface area contributed by atoms with Gasteiger partial charge in [-0.3, -0.25) is 9.59 Å². The Kier molecular flexibility index (Phi) is 3.80. The van der Waals surface area contributed by atoms with Gasteiger partial charge >= 0.3 is 0 Å². The predicted molar refractivity (Wildman–Crippen MR) is 82.5 cm³/mol. The molecule has 1 heterocycles. The number of hydrogen-bond acceptors (Lipinski definition) is 2. The predicted octanol–water partition coefficient (Wildman–Crippen LogP) is 3.81. The lowest BCUT2D eigenvalue weighted by atomic mass is 9.80. The number of benzene rings is 1. The summed E-state index contributed by atoms with van der Waals surface area (Å²) in [5.41, 5.74) is 1.99. The van der Waals surface area contributed by atoms with Gasteiger partial charge in [0.1, 0.15) is 0 Å². The van der Waals surface area contributed by atoms with Crippen LogP contribution in [0.15, 0.2) is 29.2 Å². The summed E-state index contributed by atoms with van der Waals surface area (Å²) in [5.74, 6) is -0.202. The highest BCUT2D eigenvalue weighted by Gasteiger charge is 2.20. The van der Waals surface area contributed by atoms with Crippen molar-refractivity contribution in [2.24, 2.45) is 0 Å². The van der Waals surface area contributed by atoms with Crippen molar-refractivity contribution in [3.63, 3.8) is 0 Å². The van der Waals surface area contributed by atoms with Gasteiger partial charge in [0.25, 0.3) is 0 Å². The molecule has 0 radical (unpaired) electrons. The Morgan fingerprint density at radius 1 is 1.30 bits per heavy atom. The van der Waals surface area contributed by atoms with E-state index in [9.17, 15) is 9.59 Å². The van der Waals surface area contributed by atoms with Crippen molar-refractivity contribution in [1.82, 2.24) is 4.98 Å². The topological polar surface area (TPSA) is 49.9 Å². The zero-order chi connectivity index (χ0) is 14.9. The molecule has 106 valence electrons. The Labute approximate surface area is 119 Å². The molecule has 0 aliphatic heterocycles. The highest BCUT2D eigenvalue weighted by atomic mass is 16.1. The van der Waals surface area contributed by atoms with Crippen molar-refractivity contribution in [3.8, 4) is 0 Å². The van der Waals surface area contributed by atoms with E-state index in [0.29, 0.717) is 5.39 Å². The summed E-state index contributed by atoms with van der Waals surface area (Å²) >= 11 is 0. The van der Waals surface area contributed by atoms with Gasteiger partial charge in [-0.2, -0.15) is 0 Å². The van der Waals surface area contributed by atoms with Crippen LogP contribution in [0.5, 0.6) is 0 Å². The number of H-pyrrole nitrogens is 1. The van der Waals surface area contributed by atoms with Crippen LogP contribution in [0.3, 0.4) is 0 Å². The molecule has 0 aliphatic carbocycles. The van der Waals surface area contributed by atoms with E-state index in [0.717, 1.165) is 23.9 Å². The molecule has 0 bridgehead atoms. The van der Waals surface area contributed by atoms with Gasteiger partial charge in [0, 0.05) is 17.1 Å². The lowest BCUT2D eigenvalue weighted by Crippen LogP contribution is -2.18. The summed E-state index contributed by atoms with van der Waals surface area (Å²) in [6, 6.07) is 5.91. The average molecular weight is 271 g/mol. The first-order valence-corrected chi connectivity index (χ1v) is 7.03. The molecule has 3 heteroatoms. The molecule has 0 atom stereocenters. The quantitative estimate of drug-likeness (QED) is 0.860. The maximum atomic E-state index is 12.4. The summed E-state index contributed by atoms with van der Waals surface area (Å²) in [7, 11) is 0. The number of ketones is 1. The summed E-state index contributed by atoms with van der Waals surface area (Å²) in [4.78, 5) is 26.9. The number of aromatic nitrogens is 1. The SMILES string of the molecule is CCCC(C)(C)c1ccc2[nH]cc(C(C)=O)c(=O)c2c1. The number of carbonyl (C=O) groups excluding carboxylic acids is 1. The third kappa shape index (κ3) is 2.53. The first-order chi connectivity index (χ1) is 9.36. The van der Waals surface area contributed by atoms with E-state index in [1.807, 2.05) is 12.1 Å². The van der Waals surface area contributed by atoms with Gasteiger partial charge in [-0.15, -0.1) is 0 Å². The number of hydrogen-bond donors (Lipinski definition) is 1. The minimum absolute atomic E-state index is 0.0294. The van der Waals surface area contributed by atoms with Gasteiger partial charge in [0.15, 0.2) is 11.2 Å². The van der Waals surface area contributed by atoms with Crippen molar-refractivity contribution in [2.75, 3.05) is 0 Å². The van der Waals surface area contributed by atoms with Gasteiger partial charge in [-0.05, 0) is 36.5 Å². The molecule has 1 aromatic heterocycles. The minimum Gasteiger partial charge on any atom is -0.360 e. The Morgan fingerprint density at radius 2 is 2.00 bits per heavy atom. The summed E-state index contributed by atoms with van der Waals surface area (Å²) in [6.45, 7) is 7.94. The number of fused-ring (bicyclic) bond motifs is 1. The van der Waals surface area contributed by atoms with E-state index in [1.54, 1.807) is 0 Å². The Hall–Kier alpha value is -1.90. The van der Waals surface area contributed by atoms with Crippen molar-refractivity contribution in [3.05, 3.63) is 45.7 Å². The average Bonchev–Trinajstić information content (AvgIpc) is 2.38. The molecule has 3 nitrogen and oxygen atoms in total. The van der Waals surface area contributed by atoms with E-state index in [2.05, 4.69) is 31.8 Å². The van der Waals surface area contributed by atoms with Gasteiger partial charge in [0.2, 0.25) is 0 Å². The summed E-state index contributed by atoms with van der Waals surface area (Å²) in [6.07, 6.45) is 3.65. The van der Waals surface area contributed by atoms with Crippen molar-refractivity contribution >= 4 is 16.7 Å². The van der Waals surface area contributed by atoms with Gasteiger partial charge < -0.3 is 4.98 Å². The van der Waals surface area contributed by atoms with E-state index < -0.39 is 0 Å². The summed E-state index contributed by atoms with van der Waals surface area (Å²) in [5, 5.41) is 0.597.